The molecule has 116 valence electrons. The van der Waals surface area contributed by atoms with Gasteiger partial charge in [-0.15, -0.1) is 0 Å². The molecular formula is C15H9F5O2. The fourth-order valence-electron chi connectivity index (χ4n) is 1.91. The standard InChI is InChI=1S/C15H9F5O2/c16-14(17)22-13-5-4-9(8-21)6-12(13)10-2-1-3-11(7-10)15(18,19)20/h1-8,14H. The number of hydrogen-bond acceptors (Lipinski definition) is 2. The van der Waals surface area contributed by atoms with Crippen LogP contribution in [-0.2, 0) is 6.18 Å². The Labute approximate surface area is 122 Å². The van der Waals surface area contributed by atoms with Crippen LogP contribution in [0.4, 0.5) is 22.0 Å². The van der Waals surface area contributed by atoms with Crippen molar-refractivity contribution in [2.24, 2.45) is 0 Å². The van der Waals surface area contributed by atoms with Crippen LogP contribution in [0.3, 0.4) is 0 Å². The summed E-state index contributed by atoms with van der Waals surface area (Å²) in [7, 11) is 0. The molecule has 0 atom stereocenters. The molecule has 0 amide bonds. The van der Waals surface area contributed by atoms with Crippen molar-refractivity contribution in [3.63, 3.8) is 0 Å². The van der Waals surface area contributed by atoms with Gasteiger partial charge in [0.15, 0.2) is 0 Å². The molecule has 0 aliphatic carbocycles. The van der Waals surface area contributed by atoms with Gasteiger partial charge in [0, 0.05) is 11.1 Å². The van der Waals surface area contributed by atoms with E-state index in [2.05, 4.69) is 4.74 Å². The van der Waals surface area contributed by atoms with Crippen molar-refractivity contribution in [1.82, 2.24) is 0 Å². The average molecular weight is 316 g/mol. The van der Waals surface area contributed by atoms with E-state index in [0.717, 1.165) is 24.3 Å². The number of ether oxygens (including phenoxy) is 1. The van der Waals surface area contributed by atoms with E-state index in [0.29, 0.717) is 6.29 Å². The van der Waals surface area contributed by atoms with Gasteiger partial charge < -0.3 is 4.74 Å². The highest BCUT2D eigenvalue weighted by molar-refractivity contribution is 5.81. The van der Waals surface area contributed by atoms with E-state index in [9.17, 15) is 26.7 Å². The lowest BCUT2D eigenvalue weighted by atomic mass is 10.00. The van der Waals surface area contributed by atoms with Crippen LogP contribution in [-0.4, -0.2) is 12.9 Å². The van der Waals surface area contributed by atoms with Crippen LogP contribution in [0, 0.1) is 0 Å². The third-order valence-corrected chi connectivity index (χ3v) is 2.86. The molecule has 22 heavy (non-hydrogen) atoms. The summed E-state index contributed by atoms with van der Waals surface area (Å²) in [6.07, 6.45) is -4.11. The Morgan fingerprint density at radius 1 is 1.05 bits per heavy atom. The van der Waals surface area contributed by atoms with Crippen LogP contribution < -0.4 is 4.74 Å². The van der Waals surface area contributed by atoms with Crippen molar-refractivity contribution in [1.29, 1.82) is 0 Å². The minimum Gasteiger partial charge on any atom is -0.434 e. The molecule has 0 spiro atoms. The van der Waals surface area contributed by atoms with Gasteiger partial charge in [0.05, 0.1) is 5.56 Å². The second-order valence-electron chi connectivity index (χ2n) is 4.33. The fourth-order valence-corrected chi connectivity index (χ4v) is 1.91. The molecule has 2 aromatic rings. The maximum absolute atomic E-state index is 12.7. The number of benzene rings is 2. The van der Waals surface area contributed by atoms with Gasteiger partial charge in [-0.2, -0.15) is 22.0 Å². The van der Waals surface area contributed by atoms with Gasteiger partial charge in [-0.1, -0.05) is 12.1 Å². The SMILES string of the molecule is O=Cc1ccc(OC(F)F)c(-c2cccc(C(F)(F)F)c2)c1. The van der Waals surface area contributed by atoms with Crippen LogP contribution in [0.25, 0.3) is 11.1 Å². The monoisotopic (exact) mass is 316 g/mol. The molecule has 0 aromatic heterocycles. The fraction of sp³-hybridized carbons (Fsp3) is 0.133. The number of carbonyl (C=O) groups is 1. The van der Waals surface area contributed by atoms with Crippen molar-refractivity contribution in [3.05, 3.63) is 53.6 Å². The van der Waals surface area contributed by atoms with Gasteiger partial charge in [-0.05, 0) is 35.9 Å². The number of hydrogen-bond donors (Lipinski definition) is 0. The Morgan fingerprint density at radius 2 is 1.77 bits per heavy atom. The van der Waals surface area contributed by atoms with Gasteiger partial charge in [-0.3, -0.25) is 4.79 Å². The van der Waals surface area contributed by atoms with E-state index in [1.54, 1.807) is 0 Å². The van der Waals surface area contributed by atoms with E-state index < -0.39 is 18.4 Å². The first kappa shape index (κ1) is 15.9. The summed E-state index contributed by atoms with van der Waals surface area (Å²) in [5.41, 5.74) is -0.788. The molecule has 7 heteroatoms. The molecule has 2 rings (SSSR count). The smallest absolute Gasteiger partial charge is 0.416 e. The molecule has 0 aliphatic heterocycles. The van der Waals surface area contributed by atoms with Crippen LogP contribution in [0.5, 0.6) is 5.75 Å². The zero-order valence-electron chi connectivity index (χ0n) is 10.9. The topological polar surface area (TPSA) is 26.3 Å². The summed E-state index contributed by atoms with van der Waals surface area (Å²) in [6, 6.07) is 7.69. The van der Waals surface area contributed by atoms with E-state index in [1.807, 2.05) is 0 Å². The maximum Gasteiger partial charge on any atom is 0.416 e. The highest BCUT2D eigenvalue weighted by atomic mass is 19.4. The highest BCUT2D eigenvalue weighted by Gasteiger charge is 2.30. The van der Waals surface area contributed by atoms with Crippen molar-refractivity contribution < 1.29 is 31.5 Å². The molecule has 0 radical (unpaired) electrons. The first-order valence-electron chi connectivity index (χ1n) is 6.03. The number of carbonyl (C=O) groups excluding carboxylic acids is 1. The van der Waals surface area contributed by atoms with Crippen molar-refractivity contribution in [3.8, 4) is 16.9 Å². The van der Waals surface area contributed by atoms with Gasteiger partial charge >= 0.3 is 12.8 Å². The Hall–Kier alpha value is -2.44. The van der Waals surface area contributed by atoms with Crippen molar-refractivity contribution >= 4 is 6.29 Å². The molecule has 2 aromatic carbocycles. The normalized spacial score (nSPS) is 11.5. The van der Waals surface area contributed by atoms with E-state index in [-0.39, 0.29) is 22.4 Å². The molecule has 0 N–H and O–H groups in total. The largest absolute Gasteiger partial charge is 0.434 e. The second kappa shape index (κ2) is 6.13. The molecule has 0 aliphatic rings. The number of rotatable bonds is 4. The van der Waals surface area contributed by atoms with Crippen LogP contribution in [0.15, 0.2) is 42.5 Å². The minimum absolute atomic E-state index is 0.0176. The van der Waals surface area contributed by atoms with Gasteiger partial charge in [0.25, 0.3) is 0 Å². The summed E-state index contributed by atoms with van der Waals surface area (Å²) < 4.78 is 67.3. The van der Waals surface area contributed by atoms with E-state index >= 15 is 0 Å². The van der Waals surface area contributed by atoms with Crippen LogP contribution in [0.1, 0.15) is 15.9 Å². The lowest BCUT2D eigenvalue weighted by Gasteiger charge is -2.13. The van der Waals surface area contributed by atoms with Gasteiger partial charge in [0.1, 0.15) is 12.0 Å². The van der Waals surface area contributed by atoms with Gasteiger partial charge in [-0.25, -0.2) is 0 Å². The first-order valence-corrected chi connectivity index (χ1v) is 6.03. The Kier molecular flexibility index (Phi) is 4.44. The Morgan fingerprint density at radius 3 is 2.36 bits per heavy atom. The summed E-state index contributed by atoms with van der Waals surface area (Å²) in [4.78, 5) is 10.8. The lowest BCUT2D eigenvalue weighted by Crippen LogP contribution is -2.06. The molecule has 0 saturated heterocycles. The zero-order valence-corrected chi connectivity index (χ0v) is 10.9. The number of halogens is 5. The minimum atomic E-state index is -4.57. The highest BCUT2D eigenvalue weighted by Crippen LogP contribution is 2.36. The molecule has 0 heterocycles. The Bertz CT molecular complexity index is 680. The zero-order chi connectivity index (χ0) is 16.3. The molecule has 2 nitrogen and oxygen atoms in total. The molecule has 0 saturated carbocycles. The first-order chi connectivity index (χ1) is 10.3. The Balaban J connectivity index is 2.57. The molecule has 0 unspecified atom stereocenters. The predicted octanol–water partition coefficient (Wildman–Crippen LogP) is 4.79. The number of aldehydes is 1. The van der Waals surface area contributed by atoms with E-state index in [1.165, 1.54) is 18.2 Å². The summed E-state index contributed by atoms with van der Waals surface area (Å²) in [6.45, 7) is -3.13. The summed E-state index contributed by atoms with van der Waals surface area (Å²) in [5.74, 6) is -0.306. The molecule has 0 fully saturated rings. The summed E-state index contributed by atoms with van der Waals surface area (Å²) in [5, 5.41) is 0. The third kappa shape index (κ3) is 3.60. The molecular weight excluding hydrogens is 307 g/mol. The molecule has 0 bridgehead atoms. The third-order valence-electron chi connectivity index (χ3n) is 2.86. The van der Waals surface area contributed by atoms with E-state index in [4.69, 9.17) is 0 Å². The van der Waals surface area contributed by atoms with Crippen LogP contribution >= 0.6 is 0 Å². The van der Waals surface area contributed by atoms with Gasteiger partial charge in [0.2, 0.25) is 0 Å². The number of alkyl halides is 5. The second-order valence-corrected chi connectivity index (χ2v) is 4.33. The average Bonchev–Trinajstić information content (AvgIpc) is 2.46. The maximum atomic E-state index is 12.7. The van der Waals surface area contributed by atoms with Crippen molar-refractivity contribution in [2.75, 3.05) is 0 Å². The summed E-state index contributed by atoms with van der Waals surface area (Å²) >= 11 is 0. The van der Waals surface area contributed by atoms with Crippen LogP contribution in [0.2, 0.25) is 0 Å². The lowest BCUT2D eigenvalue weighted by molar-refractivity contribution is -0.137. The predicted molar refractivity (Wildman–Crippen MR) is 68.9 cm³/mol. The van der Waals surface area contributed by atoms with Crippen molar-refractivity contribution in [2.45, 2.75) is 12.8 Å². The quantitative estimate of drug-likeness (QED) is 0.599.